The fraction of sp³-hybridized carbons (Fsp3) is 0.200. The van der Waals surface area contributed by atoms with Crippen LogP contribution in [-0.2, 0) is 0 Å². The molecule has 1 aromatic rings. The normalized spacial score (nSPS) is 12.4. The molecule has 0 fully saturated rings. The quantitative estimate of drug-likeness (QED) is 0.333. The van der Waals surface area contributed by atoms with Crippen LogP contribution in [0.3, 0.4) is 0 Å². The molecule has 18 heavy (non-hydrogen) atoms. The van der Waals surface area contributed by atoms with Gasteiger partial charge in [-0.15, -0.1) is 0 Å². The van der Waals surface area contributed by atoms with E-state index >= 15 is 0 Å². The van der Waals surface area contributed by atoms with Crippen molar-refractivity contribution in [1.29, 1.82) is 0 Å². The Balaban J connectivity index is 3.06. The number of hydrogen-bond acceptors (Lipinski definition) is 1. The maximum Gasteiger partial charge on any atom is 0.155 e. The van der Waals surface area contributed by atoms with Crippen molar-refractivity contribution in [1.82, 2.24) is 0 Å². The van der Waals surface area contributed by atoms with Crippen molar-refractivity contribution in [3.05, 3.63) is 60.2 Å². The minimum absolute atomic E-state index is 0.650. The maximum absolute atomic E-state index is 4.52. The van der Waals surface area contributed by atoms with E-state index in [1.165, 1.54) is 5.56 Å². The first-order chi connectivity index (χ1) is 8.58. The number of aryl methyl sites for hydroxylation is 1. The molecule has 3 heteroatoms. The number of amidine groups is 1. The largest absolute Gasteiger partial charge is 0.267 e. The SMILES string of the molecule is C=CC(=C)C(=NCC)N=C(I)c1ccc(C)cc1. The molecule has 0 atom stereocenters. The van der Waals surface area contributed by atoms with E-state index in [-0.39, 0.29) is 0 Å². The van der Waals surface area contributed by atoms with Crippen LogP contribution in [0.4, 0.5) is 0 Å². The molecule has 0 aliphatic carbocycles. The minimum atomic E-state index is 0.650. The molecular formula is C15H17IN2. The van der Waals surface area contributed by atoms with Crippen LogP contribution in [0.15, 0.2) is 59.1 Å². The second-order valence-corrected chi connectivity index (χ2v) is 4.82. The van der Waals surface area contributed by atoms with Crippen molar-refractivity contribution in [2.24, 2.45) is 9.98 Å². The summed E-state index contributed by atoms with van der Waals surface area (Å²) in [6, 6.07) is 8.26. The van der Waals surface area contributed by atoms with Gasteiger partial charge in [0.25, 0.3) is 0 Å². The third kappa shape index (κ3) is 4.22. The maximum atomic E-state index is 4.52. The van der Waals surface area contributed by atoms with Crippen molar-refractivity contribution in [3.63, 3.8) is 0 Å². The molecule has 0 unspecified atom stereocenters. The summed E-state index contributed by atoms with van der Waals surface area (Å²) >= 11 is 2.22. The summed E-state index contributed by atoms with van der Waals surface area (Å²) < 4.78 is 0.905. The molecule has 94 valence electrons. The molecule has 0 bridgehead atoms. The van der Waals surface area contributed by atoms with Crippen molar-refractivity contribution >= 4 is 32.1 Å². The van der Waals surface area contributed by atoms with Gasteiger partial charge in [-0.1, -0.05) is 49.1 Å². The summed E-state index contributed by atoms with van der Waals surface area (Å²) in [7, 11) is 0. The highest BCUT2D eigenvalue weighted by molar-refractivity contribution is 14.1. The summed E-state index contributed by atoms with van der Waals surface area (Å²) in [5.74, 6) is 0.650. The highest BCUT2D eigenvalue weighted by Gasteiger charge is 2.03. The van der Waals surface area contributed by atoms with Crippen molar-refractivity contribution in [2.45, 2.75) is 13.8 Å². The number of benzene rings is 1. The molecule has 0 aromatic heterocycles. The Hall–Kier alpha value is -1.23. The lowest BCUT2D eigenvalue weighted by atomic mass is 10.2. The van der Waals surface area contributed by atoms with Gasteiger partial charge in [0.1, 0.15) is 3.72 Å². The van der Waals surface area contributed by atoms with Gasteiger partial charge in [0, 0.05) is 17.7 Å². The Labute approximate surface area is 122 Å². The van der Waals surface area contributed by atoms with Crippen molar-refractivity contribution in [2.75, 3.05) is 6.54 Å². The van der Waals surface area contributed by atoms with E-state index in [9.17, 15) is 0 Å². The number of halogens is 1. The fourth-order valence-corrected chi connectivity index (χ4v) is 1.89. The molecule has 0 aliphatic heterocycles. The summed E-state index contributed by atoms with van der Waals surface area (Å²) in [6.45, 7) is 12.3. The van der Waals surface area contributed by atoms with Crippen molar-refractivity contribution in [3.8, 4) is 0 Å². The lowest BCUT2D eigenvalue weighted by Crippen LogP contribution is -2.01. The first kappa shape index (κ1) is 14.8. The Bertz CT molecular complexity index is 496. The van der Waals surface area contributed by atoms with E-state index in [1.807, 2.05) is 6.92 Å². The summed E-state index contributed by atoms with van der Waals surface area (Å²) in [6.07, 6.45) is 1.68. The summed E-state index contributed by atoms with van der Waals surface area (Å²) in [5.41, 5.74) is 3.07. The lowest BCUT2D eigenvalue weighted by Gasteiger charge is -2.03. The van der Waals surface area contributed by atoms with Gasteiger partial charge in [-0.05, 0) is 36.4 Å². The average Bonchev–Trinajstić information content (AvgIpc) is 2.38. The van der Waals surface area contributed by atoms with Crippen LogP contribution in [0.25, 0.3) is 0 Å². The third-order valence-electron chi connectivity index (χ3n) is 2.34. The second kappa shape index (κ2) is 7.26. The van der Waals surface area contributed by atoms with Gasteiger partial charge in [0.05, 0.1) is 0 Å². The molecule has 1 rings (SSSR count). The van der Waals surface area contributed by atoms with E-state index in [4.69, 9.17) is 0 Å². The van der Waals surface area contributed by atoms with Crippen LogP contribution in [0.2, 0.25) is 0 Å². The van der Waals surface area contributed by atoms with E-state index < -0.39 is 0 Å². The monoisotopic (exact) mass is 352 g/mol. The molecule has 0 heterocycles. The van der Waals surface area contributed by atoms with Crippen LogP contribution in [0.5, 0.6) is 0 Å². The van der Waals surface area contributed by atoms with Crippen LogP contribution in [-0.4, -0.2) is 16.1 Å². The predicted molar refractivity (Wildman–Crippen MR) is 89.0 cm³/mol. The van der Waals surface area contributed by atoms with Crippen LogP contribution >= 0.6 is 22.6 Å². The number of hydrogen-bond donors (Lipinski definition) is 0. The summed E-state index contributed by atoms with van der Waals surface area (Å²) in [4.78, 5) is 8.85. The minimum Gasteiger partial charge on any atom is -0.267 e. The van der Waals surface area contributed by atoms with E-state index in [0.717, 1.165) is 14.9 Å². The van der Waals surface area contributed by atoms with Gasteiger partial charge in [0.2, 0.25) is 0 Å². The Morgan fingerprint density at radius 3 is 2.44 bits per heavy atom. The lowest BCUT2D eigenvalue weighted by molar-refractivity contribution is 1.12. The van der Waals surface area contributed by atoms with Gasteiger partial charge in [0.15, 0.2) is 5.84 Å². The van der Waals surface area contributed by atoms with Gasteiger partial charge < -0.3 is 0 Å². The van der Waals surface area contributed by atoms with Gasteiger partial charge in [-0.25, -0.2) is 4.99 Å². The molecule has 2 nitrogen and oxygen atoms in total. The van der Waals surface area contributed by atoms with Crippen LogP contribution in [0, 0.1) is 6.92 Å². The number of nitrogens with zero attached hydrogens (tertiary/aromatic N) is 2. The van der Waals surface area contributed by atoms with E-state index in [0.29, 0.717) is 12.4 Å². The fourth-order valence-electron chi connectivity index (χ4n) is 1.30. The zero-order valence-corrected chi connectivity index (χ0v) is 12.9. The third-order valence-corrected chi connectivity index (χ3v) is 3.20. The Kier molecular flexibility index (Phi) is 5.98. The molecule has 0 N–H and O–H groups in total. The average molecular weight is 352 g/mol. The van der Waals surface area contributed by atoms with Gasteiger partial charge in [-0.3, -0.25) is 4.99 Å². The number of rotatable bonds is 4. The zero-order chi connectivity index (χ0) is 13.5. The Morgan fingerprint density at radius 1 is 1.33 bits per heavy atom. The topological polar surface area (TPSA) is 24.7 Å². The standard InChI is InChI=1S/C15H17IN2/c1-5-12(4)15(17-6-2)18-14(16)13-9-7-11(3)8-10-13/h5,7-10H,1,4,6H2,2-3H3. The van der Waals surface area contributed by atoms with E-state index in [1.54, 1.807) is 6.08 Å². The van der Waals surface area contributed by atoms with Crippen molar-refractivity contribution < 1.29 is 0 Å². The summed E-state index contributed by atoms with van der Waals surface area (Å²) in [5, 5.41) is 0. The Morgan fingerprint density at radius 2 is 1.94 bits per heavy atom. The molecule has 0 amide bonds. The molecule has 0 saturated heterocycles. The molecular weight excluding hydrogens is 335 g/mol. The van der Waals surface area contributed by atoms with Gasteiger partial charge in [-0.2, -0.15) is 0 Å². The molecule has 0 aliphatic rings. The first-order valence-electron chi connectivity index (χ1n) is 5.75. The highest BCUT2D eigenvalue weighted by Crippen LogP contribution is 2.11. The van der Waals surface area contributed by atoms with Gasteiger partial charge >= 0.3 is 0 Å². The zero-order valence-electron chi connectivity index (χ0n) is 10.8. The van der Waals surface area contributed by atoms with Crippen LogP contribution in [0.1, 0.15) is 18.1 Å². The smallest absolute Gasteiger partial charge is 0.155 e. The highest BCUT2D eigenvalue weighted by atomic mass is 127. The predicted octanol–water partition coefficient (Wildman–Crippen LogP) is 4.34. The molecule has 0 spiro atoms. The van der Waals surface area contributed by atoms with E-state index in [2.05, 4.69) is 76.9 Å². The molecule has 1 aromatic carbocycles. The molecule has 0 radical (unpaired) electrons. The second-order valence-electron chi connectivity index (χ2n) is 3.80. The molecule has 0 saturated carbocycles. The number of aliphatic imine (C=N–C) groups is 2. The first-order valence-corrected chi connectivity index (χ1v) is 6.83. The van der Waals surface area contributed by atoms with Crippen LogP contribution < -0.4 is 0 Å².